The van der Waals surface area contributed by atoms with Crippen molar-refractivity contribution < 1.29 is 8.42 Å². The Bertz CT molecular complexity index is 467. The second-order valence-electron chi connectivity index (χ2n) is 4.01. The average molecular weight is 304 g/mol. The van der Waals surface area contributed by atoms with Crippen molar-refractivity contribution in [2.75, 3.05) is 12.3 Å². The summed E-state index contributed by atoms with van der Waals surface area (Å²) >= 11 is 3.28. The van der Waals surface area contributed by atoms with E-state index in [-0.39, 0.29) is 11.8 Å². The molecule has 16 heavy (non-hydrogen) atoms. The summed E-state index contributed by atoms with van der Waals surface area (Å²) in [5.41, 5.74) is 0. The first-order valence-corrected chi connectivity index (χ1v) is 7.75. The predicted octanol–water partition coefficient (Wildman–Crippen LogP) is 1.97. The van der Waals surface area contributed by atoms with Gasteiger partial charge >= 0.3 is 0 Å². The molecule has 1 unspecified atom stereocenters. The van der Waals surface area contributed by atoms with Crippen molar-refractivity contribution in [1.29, 1.82) is 0 Å². The monoisotopic (exact) mass is 303 g/mol. The molecule has 0 radical (unpaired) electrons. The van der Waals surface area contributed by atoms with Gasteiger partial charge in [-0.3, -0.25) is 0 Å². The average Bonchev–Trinajstić information content (AvgIpc) is 2.70. The Morgan fingerprint density at radius 1 is 1.38 bits per heavy atom. The zero-order valence-corrected chi connectivity index (χ0v) is 11.2. The first kappa shape index (κ1) is 12.1. The zero-order chi connectivity index (χ0) is 11.6. The van der Waals surface area contributed by atoms with Gasteiger partial charge in [-0.15, -0.1) is 0 Å². The number of hydrogen-bond donors (Lipinski definition) is 1. The number of halogens is 1. The van der Waals surface area contributed by atoms with E-state index in [1.165, 1.54) is 0 Å². The molecule has 0 amide bonds. The second-order valence-corrected chi connectivity index (χ2v) is 6.86. The molecule has 1 saturated heterocycles. The second kappa shape index (κ2) is 4.85. The summed E-state index contributed by atoms with van der Waals surface area (Å²) in [5.74, 6) is 0.190. The molecule has 1 aliphatic heterocycles. The lowest BCUT2D eigenvalue weighted by molar-refractivity contribution is 0.576. The van der Waals surface area contributed by atoms with Gasteiger partial charge in [0.2, 0.25) is 0 Å². The van der Waals surface area contributed by atoms with E-state index in [0.717, 1.165) is 19.4 Å². The molecule has 1 aromatic carbocycles. The fourth-order valence-electron chi connectivity index (χ4n) is 1.95. The fraction of sp³-hybridized carbons (Fsp3) is 0.455. The normalized spacial score (nSPS) is 21.2. The first-order chi connectivity index (χ1) is 7.59. The number of hydrogen-bond acceptors (Lipinski definition) is 3. The number of rotatable bonds is 3. The van der Waals surface area contributed by atoms with Crippen molar-refractivity contribution in [2.45, 2.75) is 23.8 Å². The SMILES string of the molecule is O=S(=O)(CC1CCCN1)c1ccccc1Br. The van der Waals surface area contributed by atoms with E-state index >= 15 is 0 Å². The maximum Gasteiger partial charge on any atom is 0.181 e. The first-order valence-electron chi connectivity index (χ1n) is 5.30. The Morgan fingerprint density at radius 3 is 2.75 bits per heavy atom. The summed E-state index contributed by atoms with van der Waals surface area (Å²) in [7, 11) is -3.18. The highest BCUT2D eigenvalue weighted by atomic mass is 79.9. The maximum absolute atomic E-state index is 12.1. The molecule has 0 spiro atoms. The van der Waals surface area contributed by atoms with Crippen molar-refractivity contribution in [3.05, 3.63) is 28.7 Å². The third kappa shape index (κ3) is 2.64. The van der Waals surface area contributed by atoms with Crippen LogP contribution < -0.4 is 5.32 Å². The third-order valence-electron chi connectivity index (χ3n) is 2.75. The van der Waals surface area contributed by atoms with Crippen molar-refractivity contribution in [1.82, 2.24) is 5.32 Å². The highest BCUT2D eigenvalue weighted by Crippen LogP contribution is 2.23. The van der Waals surface area contributed by atoms with Crippen LogP contribution in [0.3, 0.4) is 0 Å². The van der Waals surface area contributed by atoms with Crippen LogP contribution in [-0.2, 0) is 9.84 Å². The Balaban J connectivity index is 2.21. The fourth-order valence-corrected chi connectivity index (χ4v) is 4.62. The number of sulfone groups is 1. The van der Waals surface area contributed by atoms with Crippen LogP contribution in [-0.4, -0.2) is 26.8 Å². The minimum absolute atomic E-state index is 0.108. The van der Waals surface area contributed by atoms with Gasteiger partial charge in [-0.2, -0.15) is 0 Å². The van der Waals surface area contributed by atoms with Gasteiger partial charge in [-0.25, -0.2) is 8.42 Å². The summed E-state index contributed by atoms with van der Waals surface area (Å²) in [5, 5.41) is 3.21. The molecular weight excluding hydrogens is 290 g/mol. The van der Waals surface area contributed by atoms with E-state index in [4.69, 9.17) is 0 Å². The van der Waals surface area contributed by atoms with Crippen molar-refractivity contribution in [3.8, 4) is 0 Å². The summed E-state index contributed by atoms with van der Waals surface area (Å²) in [4.78, 5) is 0.392. The van der Waals surface area contributed by atoms with Gasteiger partial charge in [-0.05, 0) is 47.4 Å². The van der Waals surface area contributed by atoms with Crippen LogP contribution in [0.15, 0.2) is 33.6 Å². The quantitative estimate of drug-likeness (QED) is 0.929. The zero-order valence-electron chi connectivity index (χ0n) is 8.82. The highest BCUT2D eigenvalue weighted by molar-refractivity contribution is 9.10. The maximum atomic E-state index is 12.1. The van der Waals surface area contributed by atoms with Gasteiger partial charge in [-0.1, -0.05) is 12.1 Å². The lowest BCUT2D eigenvalue weighted by atomic mass is 10.3. The van der Waals surface area contributed by atoms with Crippen LogP contribution >= 0.6 is 15.9 Å². The van der Waals surface area contributed by atoms with E-state index in [0.29, 0.717) is 9.37 Å². The van der Waals surface area contributed by atoms with Gasteiger partial charge < -0.3 is 5.32 Å². The molecule has 3 nitrogen and oxygen atoms in total. The van der Waals surface area contributed by atoms with Gasteiger partial charge in [0.05, 0.1) is 10.6 Å². The summed E-state index contributed by atoms with van der Waals surface area (Å²) in [6.45, 7) is 0.927. The summed E-state index contributed by atoms with van der Waals surface area (Å²) < 4.78 is 24.9. The Labute approximate surface area is 104 Å². The molecule has 2 rings (SSSR count). The Morgan fingerprint density at radius 2 is 2.12 bits per heavy atom. The molecule has 0 aromatic heterocycles. The Hall–Kier alpha value is -0.390. The summed E-state index contributed by atoms with van der Waals surface area (Å²) in [6, 6.07) is 7.08. The van der Waals surface area contributed by atoms with E-state index < -0.39 is 9.84 Å². The number of benzene rings is 1. The van der Waals surface area contributed by atoms with Crippen LogP contribution in [0, 0.1) is 0 Å². The molecule has 1 atom stereocenters. The molecule has 1 aliphatic rings. The van der Waals surface area contributed by atoms with Gasteiger partial charge in [0, 0.05) is 10.5 Å². The Kier molecular flexibility index (Phi) is 3.66. The van der Waals surface area contributed by atoms with Crippen molar-refractivity contribution in [2.24, 2.45) is 0 Å². The van der Waals surface area contributed by atoms with Crippen molar-refractivity contribution in [3.63, 3.8) is 0 Å². The standard InChI is InChI=1S/C11H14BrNO2S/c12-10-5-1-2-6-11(10)16(14,15)8-9-4-3-7-13-9/h1-2,5-6,9,13H,3-4,7-8H2. The number of nitrogens with one attached hydrogen (secondary N) is 1. The third-order valence-corrected chi connectivity index (χ3v) is 5.58. The van der Waals surface area contributed by atoms with Crippen LogP contribution in [0.4, 0.5) is 0 Å². The smallest absolute Gasteiger partial charge is 0.181 e. The minimum Gasteiger partial charge on any atom is -0.313 e. The molecule has 88 valence electrons. The molecule has 1 aromatic rings. The highest BCUT2D eigenvalue weighted by Gasteiger charge is 2.24. The minimum atomic E-state index is -3.18. The predicted molar refractivity (Wildman–Crippen MR) is 67.2 cm³/mol. The van der Waals surface area contributed by atoms with E-state index in [9.17, 15) is 8.42 Å². The van der Waals surface area contributed by atoms with Gasteiger partial charge in [0.25, 0.3) is 0 Å². The van der Waals surface area contributed by atoms with Gasteiger partial charge in [0.15, 0.2) is 9.84 Å². The molecule has 0 saturated carbocycles. The van der Waals surface area contributed by atoms with Crippen LogP contribution in [0.1, 0.15) is 12.8 Å². The molecule has 0 bridgehead atoms. The largest absolute Gasteiger partial charge is 0.313 e. The van der Waals surface area contributed by atoms with E-state index in [1.54, 1.807) is 18.2 Å². The lowest BCUT2D eigenvalue weighted by Crippen LogP contribution is -2.30. The molecule has 0 aliphatic carbocycles. The summed E-state index contributed by atoms with van der Waals surface area (Å²) in [6.07, 6.45) is 2.01. The van der Waals surface area contributed by atoms with E-state index in [1.807, 2.05) is 6.07 Å². The van der Waals surface area contributed by atoms with Gasteiger partial charge in [0.1, 0.15) is 0 Å². The molecule has 5 heteroatoms. The van der Waals surface area contributed by atoms with Crippen LogP contribution in [0.2, 0.25) is 0 Å². The van der Waals surface area contributed by atoms with Crippen LogP contribution in [0.5, 0.6) is 0 Å². The molecule has 1 N–H and O–H groups in total. The van der Waals surface area contributed by atoms with Crippen LogP contribution in [0.25, 0.3) is 0 Å². The molecular formula is C11H14BrNO2S. The van der Waals surface area contributed by atoms with Crippen molar-refractivity contribution >= 4 is 25.8 Å². The lowest BCUT2D eigenvalue weighted by Gasteiger charge is -2.11. The molecule has 1 fully saturated rings. The van der Waals surface area contributed by atoms with E-state index in [2.05, 4.69) is 21.2 Å². The molecule has 1 heterocycles. The topological polar surface area (TPSA) is 46.2 Å².